The quantitative estimate of drug-likeness (QED) is 0.620. The summed E-state index contributed by atoms with van der Waals surface area (Å²) in [5.74, 6) is -0.541. The highest BCUT2D eigenvalue weighted by Gasteiger charge is 2.19. The first-order valence-corrected chi connectivity index (χ1v) is 7.06. The van der Waals surface area contributed by atoms with E-state index < -0.39 is 6.04 Å². The molecule has 5 nitrogen and oxygen atoms in total. The maximum Gasteiger partial charge on any atom is 0.220 e. The summed E-state index contributed by atoms with van der Waals surface area (Å²) in [5.41, 5.74) is 0. The number of carbonyl (C=O) groups excluding carboxylic acids is 4. The van der Waals surface area contributed by atoms with Crippen molar-refractivity contribution in [2.75, 3.05) is 0 Å². The van der Waals surface area contributed by atoms with Crippen LogP contribution in [0.15, 0.2) is 0 Å². The molecule has 0 heterocycles. The van der Waals surface area contributed by atoms with Gasteiger partial charge in [0, 0.05) is 25.2 Å². The average molecular weight is 283 g/mol. The van der Waals surface area contributed by atoms with Gasteiger partial charge in [0.2, 0.25) is 5.91 Å². The molecule has 0 rings (SSSR count). The van der Waals surface area contributed by atoms with Crippen molar-refractivity contribution < 1.29 is 19.2 Å². The van der Waals surface area contributed by atoms with Gasteiger partial charge < -0.3 is 10.1 Å². The molecule has 5 heteroatoms. The van der Waals surface area contributed by atoms with Crippen molar-refractivity contribution in [1.29, 1.82) is 0 Å². The van der Waals surface area contributed by atoms with Crippen LogP contribution < -0.4 is 5.32 Å². The first kappa shape index (κ1) is 18.5. The summed E-state index contributed by atoms with van der Waals surface area (Å²) in [5, 5.41) is 2.63. The van der Waals surface area contributed by atoms with Gasteiger partial charge in [0.05, 0.1) is 6.04 Å². The number of Topliss-reactive ketones (excluding diaryl/α,β-unsaturated/α-hetero) is 3. The summed E-state index contributed by atoms with van der Waals surface area (Å²) in [6, 6.07) is -0.572. The van der Waals surface area contributed by atoms with Gasteiger partial charge in [0.1, 0.15) is 11.6 Å². The number of rotatable bonds is 10. The maximum absolute atomic E-state index is 11.8. The van der Waals surface area contributed by atoms with Crippen molar-refractivity contribution >= 4 is 23.3 Å². The highest BCUT2D eigenvalue weighted by Crippen LogP contribution is 2.06. The van der Waals surface area contributed by atoms with Crippen LogP contribution >= 0.6 is 0 Å². The van der Waals surface area contributed by atoms with Crippen LogP contribution in [0.3, 0.4) is 0 Å². The van der Waals surface area contributed by atoms with Gasteiger partial charge in [-0.1, -0.05) is 6.92 Å². The summed E-state index contributed by atoms with van der Waals surface area (Å²) in [7, 11) is 0. The second kappa shape index (κ2) is 9.39. The second-order valence-electron chi connectivity index (χ2n) is 5.38. The van der Waals surface area contributed by atoms with Crippen LogP contribution in [0.2, 0.25) is 0 Å². The van der Waals surface area contributed by atoms with Crippen molar-refractivity contribution in [3.63, 3.8) is 0 Å². The Hall–Kier alpha value is -1.52. The summed E-state index contributed by atoms with van der Waals surface area (Å²) in [6.45, 7) is 6.31. The Labute approximate surface area is 120 Å². The minimum atomic E-state index is -0.572. The Morgan fingerprint density at radius 2 is 1.50 bits per heavy atom. The van der Waals surface area contributed by atoms with Gasteiger partial charge in [0.25, 0.3) is 0 Å². The topological polar surface area (TPSA) is 80.3 Å². The molecule has 114 valence electrons. The first-order chi connectivity index (χ1) is 9.23. The minimum absolute atomic E-state index is 0.0268. The van der Waals surface area contributed by atoms with Crippen molar-refractivity contribution in [2.24, 2.45) is 5.92 Å². The molecule has 0 spiro atoms. The predicted molar refractivity (Wildman–Crippen MR) is 76.2 cm³/mol. The van der Waals surface area contributed by atoms with Crippen LogP contribution in [0.4, 0.5) is 0 Å². The lowest BCUT2D eigenvalue weighted by molar-refractivity contribution is -0.129. The lowest BCUT2D eigenvalue weighted by Crippen LogP contribution is -2.39. The molecule has 1 amide bonds. The lowest BCUT2D eigenvalue weighted by atomic mass is 9.98. The van der Waals surface area contributed by atoms with Gasteiger partial charge in [-0.25, -0.2) is 0 Å². The largest absolute Gasteiger partial charge is 0.347 e. The van der Waals surface area contributed by atoms with Crippen LogP contribution in [-0.2, 0) is 19.2 Å². The standard InChI is InChI=1S/C15H25NO4/c1-10(13(4)18)9-14(19)12(3)16-15(20)8-6-5-7-11(2)17/h10,12H,5-9H2,1-4H3,(H,16,20)/t10-,12+/m1/s1. The fraction of sp³-hybridized carbons (Fsp3) is 0.733. The van der Waals surface area contributed by atoms with E-state index in [4.69, 9.17) is 0 Å². The smallest absolute Gasteiger partial charge is 0.220 e. The van der Waals surface area contributed by atoms with E-state index >= 15 is 0 Å². The summed E-state index contributed by atoms with van der Waals surface area (Å²) >= 11 is 0. The van der Waals surface area contributed by atoms with Gasteiger partial charge in [-0.2, -0.15) is 0 Å². The van der Waals surface area contributed by atoms with E-state index in [1.165, 1.54) is 13.8 Å². The zero-order valence-corrected chi connectivity index (χ0v) is 12.8. The van der Waals surface area contributed by atoms with E-state index in [1.807, 2.05) is 0 Å². The molecule has 0 saturated carbocycles. The molecule has 2 atom stereocenters. The molecule has 1 N–H and O–H groups in total. The third kappa shape index (κ3) is 8.56. The number of hydrogen-bond donors (Lipinski definition) is 1. The van der Waals surface area contributed by atoms with E-state index in [1.54, 1.807) is 13.8 Å². The minimum Gasteiger partial charge on any atom is -0.347 e. The Kier molecular flexibility index (Phi) is 8.68. The van der Waals surface area contributed by atoms with Crippen LogP contribution in [0.25, 0.3) is 0 Å². The molecular weight excluding hydrogens is 258 g/mol. The molecule has 0 saturated heterocycles. The average Bonchev–Trinajstić information content (AvgIpc) is 2.33. The van der Waals surface area contributed by atoms with Crippen LogP contribution in [0.5, 0.6) is 0 Å². The first-order valence-electron chi connectivity index (χ1n) is 7.06. The third-order valence-corrected chi connectivity index (χ3v) is 3.24. The van der Waals surface area contributed by atoms with Gasteiger partial charge in [-0.3, -0.25) is 14.4 Å². The second-order valence-corrected chi connectivity index (χ2v) is 5.38. The van der Waals surface area contributed by atoms with Crippen LogP contribution in [-0.4, -0.2) is 29.3 Å². The summed E-state index contributed by atoms with van der Waals surface area (Å²) in [4.78, 5) is 45.2. The summed E-state index contributed by atoms with van der Waals surface area (Å²) < 4.78 is 0. The van der Waals surface area contributed by atoms with Gasteiger partial charge in [-0.05, 0) is 33.6 Å². The van der Waals surface area contributed by atoms with Crippen molar-refractivity contribution in [2.45, 2.75) is 65.8 Å². The van der Waals surface area contributed by atoms with Gasteiger partial charge >= 0.3 is 0 Å². The Morgan fingerprint density at radius 3 is 2.00 bits per heavy atom. The highest BCUT2D eigenvalue weighted by molar-refractivity contribution is 5.92. The number of nitrogens with one attached hydrogen (secondary N) is 1. The zero-order chi connectivity index (χ0) is 15.7. The summed E-state index contributed by atoms with van der Waals surface area (Å²) in [6.07, 6.45) is 2.27. The Balaban J connectivity index is 3.97. The van der Waals surface area contributed by atoms with E-state index in [-0.39, 0.29) is 35.6 Å². The van der Waals surface area contributed by atoms with Crippen molar-refractivity contribution in [1.82, 2.24) is 5.32 Å². The van der Waals surface area contributed by atoms with E-state index in [0.29, 0.717) is 25.7 Å². The monoisotopic (exact) mass is 283 g/mol. The molecule has 0 fully saturated rings. The predicted octanol–water partition coefficient (Wildman–Crippen LogP) is 1.82. The molecule has 0 bridgehead atoms. The maximum atomic E-state index is 11.8. The van der Waals surface area contributed by atoms with Crippen LogP contribution in [0.1, 0.15) is 59.8 Å². The third-order valence-electron chi connectivity index (χ3n) is 3.24. The molecule has 0 aliphatic rings. The molecule has 0 aliphatic carbocycles. The number of hydrogen-bond acceptors (Lipinski definition) is 4. The highest BCUT2D eigenvalue weighted by atomic mass is 16.2. The fourth-order valence-electron chi connectivity index (χ4n) is 1.68. The zero-order valence-electron chi connectivity index (χ0n) is 12.8. The SMILES string of the molecule is CC(=O)CCCCC(=O)N[C@@H](C)C(=O)C[C@@H](C)C(C)=O. The van der Waals surface area contributed by atoms with E-state index in [0.717, 1.165) is 0 Å². The number of carbonyl (C=O) groups is 4. The van der Waals surface area contributed by atoms with Crippen molar-refractivity contribution in [3.05, 3.63) is 0 Å². The van der Waals surface area contributed by atoms with E-state index in [2.05, 4.69) is 5.32 Å². The number of unbranched alkanes of at least 4 members (excludes halogenated alkanes) is 1. The molecule has 0 aromatic heterocycles. The molecule has 0 radical (unpaired) electrons. The Bertz CT molecular complexity index is 376. The molecule has 0 unspecified atom stereocenters. The Morgan fingerprint density at radius 1 is 0.950 bits per heavy atom. The molecule has 0 aliphatic heterocycles. The van der Waals surface area contributed by atoms with Gasteiger partial charge in [-0.15, -0.1) is 0 Å². The van der Waals surface area contributed by atoms with Crippen LogP contribution in [0, 0.1) is 5.92 Å². The number of amides is 1. The van der Waals surface area contributed by atoms with E-state index in [9.17, 15) is 19.2 Å². The molecule has 0 aromatic carbocycles. The lowest BCUT2D eigenvalue weighted by Gasteiger charge is -2.14. The van der Waals surface area contributed by atoms with Gasteiger partial charge in [0.15, 0.2) is 5.78 Å². The molecule has 0 aromatic rings. The van der Waals surface area contributed by atoms with Crippen molar-refractivity contribution in [3.8, 4) is 0 Å². The molecular formula is C15H25NO4. The normalized spacial score (nSPS) is 13.4. The fourth-order valence-corrected chi connectivity index (χ4v) is 1.68. The number of ketones is 3. The molecule has 20 heavy (non-hydrogen) atoms.